The fraction of sp³-hybridized carbons (Fsp3) is 0.143. The van der Waals surface area contributed by atoms with Gasteiger partial charge in [-0.2, -0.15) is 0 Å². The van der Waals surface area contributed by atoms with Gasteiger partial charge in [-0.3, -0.25) is 4.99 Å². The van der Waals surface area contributed by atoms with Crippen LogP contribution in [0.3, 0.4) is 0 Å². The Bertz CT molecular complexity index is 791. The molecule has 0 saturated heterocycles. The largest absolute Gasteiger partial charge is 0.381 e. The number of anilines is 1. The minimum atomic E-state index is 0.588. The molecule has 3 heteroatoms. The lowest BCUT2D eigenvalue weighted by molar-refractivity contribution is 0.956. The first-order valence-electron chi connectivity index (χ1n) is 5.80. The highest BCUT2D eigenvalue weighted by atomic mass is 15.0. The molecule has 0 atom stereocenters. The summed E-state index contributed by atoms with van der Waals surface area (Å²) in [5.41, 5.74) is 3.52. The van der Waals surface area contributed by atoms with E-state index in [2.05, 4.69) is 16.4 Å². The molecule has 0 bridgehead atoms. The van der Waals surface area contributed by atoms with Gasteiger partial charge in [-0.15, -0.1) is 0 Å². The summed E-state index contributed by atoms with van der Waals surface area (Å²) in [6.45, 7) is 1.73. The number of nitrogens with zero attached hydrogens (tertiary/aromatic N) is 1. The quantitative estimate of drug-likeness (QED) is 0.595. The average molecular weight is 221 g/mol. The molecule has 0 unspecified atom stereocenters. The Labute approximate surface area is 98.0 Å². The molecular formula is C14H11N3. The van der Waals surface area contributed by atoms with Gasteiger partial charge >= 0.3 is 0 Å². The van der Waals surface area contributed by atoms with Gasteiger partial charge in [-0.05, 0) is 6.07 Å². The molecule has 0 aromatic heterocycles. The van der Waals surface area contributed by atoms with Gasteiger partial charge in [0.2, 0.25) is 0 Å². The molecule has 4 rings (SSSR count). The second kappa shape index (κ2) is 2.94. The molecule has 0 amide bonds. The van der Waals surface area contributed by atoms with Crippen molar-refractivity contribution in [2.24, 2.45) is 4.99 Å². The molecule has 0 spiro atoms. The lowest BCUT2D eigenvalue weighted by Gasteiger charge is -2.10. The Hall–Kier alpha value is -2.16. The van der Waals surface area contributed by atoms with Gasteiger partial charge in [0.1, 0.15) is 0 Å². The highest BCUT2D eigenvalue weighted by Crippen LogP contribution is 2.36. The summed E-state index contributed by atoms with van der Waals surface area (Å²) in [5, 5.41) is 15.3. The Morgan fingerprint density at radius 2 is 2.00 bits per heavy atom. The van der Waals surface area contributed by atoms with Crippen LogP contribution >= 0.6 is 0 Å². The van der Waals surface area contributed by atoms with Crippen molar-refractivity contribution in [3.05, 3.63) is 41.0 Å². The maximum absolute atomic E-state index is 7.98. The normalized spacial score (nSPS) is 14.6. The standard InChI is InChI=1S/C14H11N3/c15-11-5-4-10-12-8(11)2-1-3-9(12)13-14(10)17-7-6-16-13/h1-5,15,17H,6-7H2. The second-order valence-electron chi connectivity index (χ2n) is 4.42. The third-order valence-electron chi connectivity index (χ3n) is 3.49. The average Bonchev–Trinajstić information content (AvgIpc) is 2.70. The molecular weight excluding hydrogens is 210 g/mol. The molecule has 0 saturated carbocycles. The van der Waals surface area contributed by atoms with E-state index in [1.807, 2.05) is 24.3 Å². The summed E-state index contributed by atoms with van der Waals surface area (Å²) < 4.78 is 0. The Kier molecular flexibility index (Phi) is 1.55. The minimum Gasteiger partial charge on any atom is -0.381 e. The smallest absolute Gasteiger partial charge is 0.0891 e. The molecule has 0 radical (unpaired) electrons. The fourth-order valence-electron chi connectivity index (χ4n) is 2.77. The van der Waals surface area contributed by atoms with Crippen molar-refractivity contribution in [1.82, 2.24) is 0 Å². The Morgan fingerprint density at radius 1 is 1.12 bits per heavy atom. The zero-order valence-electron chi connectivity index (χ0n) is 9.25. The molecule has 1 aromatic rings. The summed E-state index contributed by atoms with van der Waals surface area (Å²) in [4.78, 5) is 4.62. The predicted octanol–water partition coefficient (Wildman–Crippen LogP) is 1.63. The van der Waals surface area contributed by atoms with Gasteiger partial charge in [0.05, 0.1) is 22.9 Å². The third kappa shape index (κ3) is 1.01. The molecule has 0 fully saturated rings. The second-order valence-corrected chi connectivity index (χ2v) is 4.42. The van der Waals surface area contributed by atoms with E-state index in [0.29, 0.717) is 5.36 Å². The number of fused-ring (bicyclic) bond motifs is 3. The van der Waals surface area contributed by atoms with E-state index in [0.717, 1.165) is 29.5 Å². The zero-order chi connectivity index (χ0) is 11.4. The molecule has 82 valence electrons. The van der Waals surface area contributed by atoms with E-state index in [1.165, 1.54) is 16.5 Å². The van der Waals surface area contributed by atoms with Crippen molar-refractivity contribution in [2.75, 3.05) is 18.4 Å². The monoisotopic (exact) mass is 221 g/mol. The molecule has 1 heterocycles. The van der Waals surface area contributed by atoms with Crippen molar-refractivity contribution in [1.29, 1.82) is 5.41 Å². The molecule has 3 nitrogen and oxygen atoms in total. The van der Waals surface area contributed by atoms with Crippen molar-refractivity contribution in [2.45, 2.75) is 0 Å². The molecule has 1 aromatic carbocycles. The lowest BCUT2D eigenvalue weighted by Crippen LogP contribution is -2.19. The van der Waals surface area contributed by atoms with Crippen LogP contribution in [0.25, 0.3) is 21.9 Å². The summed E-state index contributed by atoms with van der Waals surface area (Å²) in [6.07, 6.45) is 0. The van der Waals surface area contributed by atoms with E-state index in [1.54, 1.807) is 0 Å². The summed E-state index contributed by atoms with van der Waals surface area (Å²) in [7, 11) is 0. The topological polar surface area (TPSA) is 48.2 Å². The van der Waals surface area contributed by atoms with Gasteiger partial charge in [0.15, 0.2) is 0 Å². The van der Waals surface area contributed by atoms with Gasteiger partial charge in [0.25, 0.3) is 0 Å². The minimum absolute atomic E-state index is 0.588. The maximum Gasteiger partial charge on any atom is 0.0891 e. The van der Waals surface area contributed by atoms with Crippen LogP contribution in [0, 0.1) is 5.41 Å². The number of hydrogen-bond acceptors (Lipinski definition) is 3. The van der Waals surface area contributed by atoms with E-state index < -0.39 is 0 Å². The summed E-state index contributed by atoms with van der Waals surface area (Å²) >= 11 is 0. The fourth-order valence-corrected chi connectivity index (χ4v) is 2.77. The van der Waals surface area contributed by atoms with E-state index >= 15 is 0 Å². The van der Waals surface area contributed by atoms with Crippen LogP contribution in [0.1, 0.15) is 0 Å². The molecule has 2 N–H and O–H groups in total. The van der Waals surface area contributed by atoms with Crippen molar-refractivity contribution < 1.29 is 0 Å². The van der Waals surface area contributed by atoms with Gasteiger partial charge in [0, 0.05) is 28.4 Å². The highest BCUT2D eigenvalue weighted by Gasteiger charge is 2.20. The van der Waals surface area contributed by atoms with E-state index in [4.69, 9.17) is 5.41 Å². The Morgan fingerprint density at radius 3 is 2.94 bits per heavy atom. The van der Waals surface area contributed by atoms with Crippen molar-refractivity contribution in [3.8, 4) is 11.1 Å². The van der Waals surface area contributed by atoms with Gasteiger partial charge < -0.3 is 10.7 Å². The molecule has 2 aliphatic carbocycles. The van der Waals surface area contributed by atoms with Crippen molar-refractivity contribution >= 4 is 16.5 Å². The SMILES string of the molecule is N=c1ccc2c3c(c4cccc1c4-2)=NCCN3. The number of benzene rings is 2. The highest BCUT2D eigenvalue weighted by molar-refractivity contribution is 6.05. The first kappa shape index (κ1) is 8.93. The van der Waals surface area contributed by atoms with Crippen LogP contribution in [0.2, 0.25) is 0 Å². The Balaban J connectivity index is 2.37. The van der Waals surface area contributed by atoms with Crippen LogP contribution in [-0.2, 0) is 0 Å². The van der Waals surface area contributed by atoms with Gasteiger partial charge in [-0.1, -0.05) is 24.3 Å². The molecule has 3 aliphatic rings. The third-order valence-corrected chi connectivity index (χ3v) is 3.49. The van der Waals surface area contributed by atoms with Crippen molar-refractivity contribution in [3.63, 3.8) is 0 Å². The van der Waals surface area contributed by atoms with Crippen LogP contribution < -0.4 is 16.0 Å². The van der Waals surface area contributed by atoms with Crippen LogP contribution in [0.5, 0.6) is 0 Å². The van der Waals surface area contributed by atoms with E-state index in [9.17, 15) is 0 Å². The summed E-state index contributed by atoms with van der Waals surface area (Å²) in [6, 6.07) is 10.0. The zero-order valence-corrected chi connectivity index (χ0v) is 9.25. The maximum atomic E-state index is 7.98. The van der Waals surface area contributed by atoms with Crippen LogP contribution in [0.4, 0.5) is 5.69 Å². The molecule has 17 heavy (non-hydrogen) atoms. The predicted molar refractivity (Wildman–Crippen MR) is 67.7 cm³/mol. The lowest BCUT2D eigenvalue weighted by atomic mass is 10.00. The first-order valence-corrected chi connectivity index (χ1v) is 5.80. The number of rotatable bonds is 0. The van der Waals surface area contributed by atoms with E-state index in [-0.39, 0.29) is 0 Å². The van der Waals surface area contributed by atoms with Crippen LogP contribution in [-0.4, -0.2) is 13.1 Å². The van der Waals surface area contributed by atoms with Crippen LogP contribution in [0.15, 0.2) is 35.3 Å². The van der Waals surface area contributed by atoms with Gasteiger partial charge in [-0.25, -0.2) is 0 Å². The number of hydrogen-bond donors (Lipinski definition) is 2. The molecule has 1 aliphatic heterocycles. The first-order chi connectivity index (χ1) is 8.36. The number of nitrogens with one attached hydrogen (secondary N) is 2. The summed E-state index contributed by atoms with van der Waals surface area (Å²) in [5.74, 6) is 0.